The molecule has 0 bridgehead atoms. The summed E-state index contributed by atoms with van der Waals surface area (Å²) in [5.41, 5.74) is 0.207. The van der Waals surface area contributed by atoms with Gasteiger partial charge in [0.1, 0.15) is 11.3 Å². The minimum absolute atomic E-state index is 0. The van der Waals surface area contributed by atoms with Crippen molar-refractivity contribution in [3.63, 3.8) is 0 Å². The normalized spacial score (nSPS) is 14.2. The van der Waals surface area contributed by atoms with E-state index < -0.39 is 33.7 Å². The zero-order chi connectivity index (χ0) is 29.0. The van der Waals surface area contributed by atoms with Gasteiger partial charge in [-0.25, -0.2) is 27.0 Å². The number of benzene rings is 2. The van der Waals surface area contributed by atoms with Gasteiger partial charge in [0.25, 0.3) is 5.91 Å². The summed E-state index contributed by atoms with van der Waals surface area (Å²) < 4.78 is 61.0. The average Bonchev–Trinajstić information content (AvgIpc) is 3.35. The summed E-state index contributed by atoms with van der Waals surface area (Å²) >= 11 is 1.01. The van der Waals surface area contributed by atoms with Crippen molar-refractivity contribution in [3.8, 4) is 0 Å². The molecule has 41 heavy (non-hydrogen) atoms. The van der Waals surface area contributed by atoms with Gasteiger partial charge >= 0.3 is 6.09 Å². The van der Waals surface area contributed by atoms with Gasteiger partial charge in [0, 0.05) is 44.4 Å². The number of anilines is 1. The maximum absolute atomic E-state index is 14.3. The topological polar surface area (TPSA) is 103 Å². The molecular weight excluding hydrogens is 600 g/mol. The molecule has 2 amide bonds. The van der Waals surface area contributed by atoms with Crippen LogP contribution in [0.5, 0.6) is 0 Å². The van der Waals surface area contributed by atoms with Crippen molar-refractivity contribution in [2.75, 3.05) is 64.9 Å². The van der Waals surface area contributed by atoms with E-state index in [1.807, 2.05) is 19.0 Å². The van der Waals surface area contributed by atoms with Gasteiger partial charge in [0.15, 0.2) is 10.9 Å². The number of hydrogen-bond acceptors (Lipinski definition) is 8. The molecule has 2 heterocycles. The second-order valence-corrected chi connectivity index (χ2v) is 12.4. The van der Waals surface area contributed by atoms with Crippen LogP contribution in [0, 0.1) is 11.6 Å². The van der Waals surface area contributed by atoms with Crippen LogP contribution in [-0.4, -0.2) is 99.5 Å². The van der Waals surface area contributed by atoms with Gasteiger partial charge in [0.05, 0.1) is 16.2 Å². The van der Waals surface area contributed by atoms with E-state index in [-0.39, 0.29) is 77.5 Å². The van der Waals surface area contributed by atoms with Crippen molar-refractivity contribution in [2.45, 2.75) is 18.2 Å². The Hall–Kier alpha value is -2.91. The largest absolute Gasteiger partial charge is 1.00 e. The van der Waals surface area contributed by atoms with Crippen molar-refractivity contribution in [1.82, 2.24) is 19.1 Å². The summed E-state index contributed by atoms with van der Waals surface area (Å²) in [5, 5.41) is 0.222. The number of hydrogen-bond donors (Lipinski definition) is 0. The van der Waals surface area contributed by atoms with E-state index in [2.05, 4.69) is 4.98 Å². The molecule has 10 nitrogen and oxygen atoms in total. The van der Waals surface area contributed by atoms with Crippen molar-refractivity contribution < 1.29 is 43.9 Å². The Morgan fingerprint density at radius 3 is 2.32 bits per heavy atom. The van der Waals surface area contributed by atoms with Crippen LogP contribution < -0.4 is 17.3 Å². The van der Waals surface area contributed by atoms with E-state index in [0.29, 0.717) is 13.0 Å². The first kappa shape index (κ1) is 32.6. The summed E-state index contributed by atoms with van der Waals surface area (Å²) in [4.78, 5) is 34.6. The first-order valence-corrected chi connectivity index (χ1v) is 15.0. The lowest BCUT2D eigenvalue weighted by Gasteiger charge is -2.33. The standard InChI is InChI=1S/C26H31F2N5O5S2.ClH/c1-4-38-26(35)31-12-14-32(15-13-31)40(36,37)20-8-6-18(7-9-20)24(34)33(11-5-10-30(2)3)25-29-23-21(28)16-19(27)17-22(23)39-25;/h6-9,16-17H,4-5,10-15H2,1-3H3;1H/p-1. The Morgan fingerprint density at radius 2 is 1.71 bits per heavy atom. The average molecular weight is 631 g/mol. The van der Waals surface area contributed by atoms with E-state index in [1.54, 1.807) is 6.92 Å². The number of fused-ring (bicyclic) bond motifs is 1. The predicted molar refractivity (Wildman–Crippen MR) is 148 cm³/mol. The maximum Gasteiger partial charge on any atom is 0.409 e. The molecule has 0 radical (unpaired) electrons. The van der Waals surface area contributed by atoms with Crippen molar-refractivity contribution in [1.29, 1.82) is 0 Å². The molecule has 3 aromatic rings. The Labute approximate surface area is 247 Å². The van der Waals surface area contributed by atoms with Crippen LogP contribution in [0.15, 0.2) is 41.3 Å². The highest BCUT2D eigenvalue weighted by molar-refractivity contribution is 7.89. The Balaban J connectivity index is 0.00000462. The van der Waals surface area contributed by atoms with Crippen LogP contribution in [-0.2, 0) is 14.8 Å². The number of rotatable bonds is 9. The fourth-order valence-corrected chi connectivity index (χ4v) is 6.74. The quantitative estimate of drug-likeness (QED) is 0.342. The predicted octanol–water partition coefficient (Wildman–Crippen LogP) is 0.640. The number of nitrogens with zero attached hydrogens (tertiary/aromatic N) is 5. The van der Waals surface area contributed by atoms with Gasteiger partial charge in [0.2, 0.25) is 10.0 Å². The second kappa shape index (κ2) is 13.8. The van der Waals surface area contributed by atoms with Crippen molar-refractivity contribution >= 4 is 48.7 Å². The first-order valence-electron chi connectivity index (χ1n) is 12.8. The second-order valence-electron chi connectivity index (χ2n) is 9.46. The number of thiazole rings is 1. The Morgan fingerprint density at radius 1 is 1.05 bits per heavy atom. The maximum atomic E-state index is 14.3. The van der Waals surface area contributed by atoms with Gasteiger partial charge in [-0.1, -0.05) is 11.3 Å². The van der Waals surface area contributed by atoms with Gasteiger partial charge in [-0.15, -0.1) is 0 Å². The van der Waals surface area contributed by atoms with Gasteiger partial charge < -0.3 is 26.9 Å². The number of piperazine rings is 1. The summed E-state index contributed by atoms with van der Waals surface area (Å²) in [6.45, 7) is 3.56. The molecule has 224 valence electrons. The number of aromatic nitrogens is 1. The number of amides is 2. The first-order chi connectivity index (χ1) is 19.0. The zero-order valence-electron chi connectivity index (χ0n) is 22.8. The molecule has 2 aromatic carbocycles. The van der Waals surface area contributed by atoms with E-state index in [0.717, 1.165) is 17.4 Å². The van der Waals surface area contributed by atoms with Gasteiger partial charge in [-0.2, -0.15) is 4.31 Å². The molecule has 0 saturated carbocycles. The summed E-state index contributed by atoms with van der Waals surface area (Å²) in [6, 6.07) is 7.51. The van der Waals surface area contributed by atoms with E-state index >= 15 is 0 Å². The van der Waals surface area contributed by atoms with Crippen LogP contribution in [0.1, 0.15) is 23.7 Å². The number of ether oxygens (including phenoxy) is 1. The van der Waals surface area contributed by atoms with Gasteiger partial charge in [-0.05, 0) is 64.3 Å². The minimum Gasteiger partial charge on any atom is -1.00 e. The number of carbonyl (C=O) groups is 2. The summed E-state index contributed by atoms with van der Waals surface area (Å²) in [6.07, 6.45) is 0.119. The molecule has 1 saturated heterocycles. The van der Waals surface area contributed by atoms with E-state index in [4.69, 9.17) is 4.74 Å². The molecule has 1 aliphatic heterocycles. The molecule has 0 unspecified atom stereocenters. The number of sulfonamides is 1. The fourth-order valence-electron chi connectivity index (χ4n) is 4.29. The Kier molecular flexibility index (Phi) is 11.0. The number of halogens is 3. The molecule has 15 heteroatoms. The fraction of sp³-hybridized carbons (Fsp3) is 0.423. The lowest BCUT2D eigenvalue weighted by molar-refractivity contribution is -0.0000265. The van der Waals surface area contributed by atoms with Crippen molar-refractivity contribution in [2.24, 2.45) is 0 Å². The highest BCUT2D eigenvalue weighted by Crippen LogP contribution is 2.32. The molecule has 0 spiro atoms. The van der Waals surface area contributed by atoms with Crippen LogP contribution >= 0.6 is 11.3 Å². The lowest BCUT2D eigenvalue weighted by Crippen LogP contribution is -3.00. The molecule has 0 aliphatic carbocycles. The molecule has 0 N–H and O–H groups in total. The molecule has 4 rings (SSSR count). The number of carbonyl (C=O) groups excluding carboxylic acids is 2. The summed E-state index contributed by atoms with van der Waals surface area (Å²) in [7, 11) is -0.0502. The van der Waals surface area contributed by atoms with Crippen LogP contribution in [0.3, 0.4) is 0 Å². The van der Waals surface area contributed by atoms with Crippen LogP contribution in [0.25, 0.3) is 10.2 Å². The zero-order valence-corrected chi connectivity index (χ0v) is 25.2. The smallest absolute Gasteiger partial charge is 0.409 e. The third-order valence-electron chi connectivity index (χ3n) is 6.37. The summed E-state index contributed by atoms with van der Waals surface area (Å²) in [5.74, 6) is -1.98. The molecular formula is C26H31ClF2N5O5S2-. The van der Waals surface area contributed by atoms with E-state index in [1.165, 1.54) is 44.4 Å². The lowest BCUT2D eigenvalue weighted by atomic mass is 10.2. The van der Waals surface area contributed by atoms with Crippen molar-refractivity contribution in [3.05, 3.63) is 53.6 Å². The minimum atomic E-state index is -3.85. The Bertz CT molecular complexity index is 1480. The van der Waals surface area contributed by atoms with Crippen LogP contribution in [0.4, 0.5) is 18.7 Å². The molecule has 1 fully saturated rings. The third-order valence-corrected chi connectivity index (χ3v) is 9.31. The third kappa shape index (κ3) is 7.49. The molecule has 1 aromatic heterocycles. The van der Waals surface area contributed by atoms with E-state index in [9.17, 15) is 26.8 Å². The highest BCUT2D eigenvalue weighted by atomic mass is 35.5. The molecule has 0 atom stereocenters. The highest BCUT2D eigenvalue weighted by Gasteiger charge is 2.31. The SMILES string of the molecule is CCOC(=O)N1CCN(S(=O)(=O)c2ccc(C(=O)N(CCCN(C)C)c3nc4c(F)cc(F)cc4s3)cc2)CC1.[Cl-]. The van der Waals surface area contributed by atoms with Gasteiger partial charge in [-0.3, -0.25) is 9.69 Å². The van der Waals surface area contributed by atoms with Crippen LogP contribution in [0.2, 0.25) is 0 Å². The monoisotopic (exact) mass is 630 g/mol. The molecule has 1 aliphatic rings.